The predicted molar refractivity (Wildman–Crippen MR) is 170 cm³/mol. The smallest absolute Gasteiger partial charge is 0.291 e. The Bertz CT molecular complexity index is 1720. The highest BCUT2D eigenvalue weighted by Crippen LogP contribution is 2.37. The average molecular weight is 616 g/mol. The molecule has 0 aliphatic carbocycles. The molecule has 2 aliphatic heterocycles. The lowest BCUT2D eigenvalue weighted by Gasteiger charge is -2.21. The van der Waals surface area contributed by atoms with Gasteiger partial charge in [-0.15, -0.1) is 0 Å². The molecule has 228 valence electrons. The summed E-state index contributed by atoms with van der Waals surface area (Å²) in [4.78, 5) is 39.6. The van der Waals surface area contributed by atoms with E-state index in [1.807, 2.05) is 66.9 Å². The molecule has 2 aromatic heterocycles. The Morgan fingerprint density at radius 2 is 1.75 bits per heavy atom. The number of aromatic nitrogens is 3. The van der Waals surface area contributed by atoms with Crippen molar-refractivity contribution in [2.75, 3.05) is 37.3 Å². The molecule has 0 unspecified atom stereocenters. The second-order valence-electron chi connectivity index (χ2n) is 11.6. The number of nitrogens with zero attached hydrogens (tertiary/aromatic N) is 5. The molecule has 0 saturated carbocycles. The van der Waals surface area contributed by atoms with Gasteiger partial charge in [-0.3, -0.25) is 19.5 Å². The Balaban J connectivity index is 1.17. The molecule has 2 N–H and O–H groups in total. The first-order valence-electron chi connectivity index (χ1n) is 14.7. The number of likely N-dealkylation sites (N-methyl/N-ethyl adjacent to an activating group) is 1. The molecule has 2 amide bonds. The third kappa shape index (κ3) is 6.10. The molecule has 6 rings (SSSR count). The molecule has 9 nitrogen and oxygen atoms in total. The summed E-state index contributed by atoms with van der Waals surface area (Å²) in [6.07, 6.45) is 2.29. The normalized spacial score (nSPS) is 17.0. The summed E-state index contributed by atoms with van der Waals surface area (Å²) in [5.41, 5.74) is 6.67. The van der Waals surface area contributed by atoms with Gasteiger partial charge >= 0.3 is 0 Å². The third-order valence-corrected chi connectivity index (χ3v) is 8.85. The van der Waals surface area contributed by atoms with Gasteiger partial charge in [0.05, 0.1) is 16.4 Å². The van der Waals surface area contributed by atoms with Gasteiger partial charge in [-0.25, -0.2) is 9.37 Å². The maximum Gasteiger partial charge on any atom is 0.291 e. The topological polar surface area (TPSA) is 95.4 Å². The second kappa shape index (κ2) is 12.5. The number of amides is 2. The fourth-order valence-electron chi connectivity index (χ4n) is 5.97. The van der Waals surface area contributed by atoms with E-state index in [2.05, 4.69) is 25.5 Å². The summed E-state index contributed by atoms with van der Waals surface area (Å²) in [7, 11) is 3.91. The number of pyridine rings is 1. The van der Waals surface area contributed by atoms with Crippen LogP contribution in [-0.4, -0.2) is 69.0 Å². The lowest BCUT2D eigenvalue weighted by Crippen LogP contribution is -2.27. The molecule has 0 spiro atoms. The van der Waals surface area contributed by atoms with Crippen molar-refractivity contribution >= 4 is 34.8 Å². The molecular weight excluding hydrogens is 581 g/mol. The number of anilines is 2. The number of hydrogen-bond donors (Lipinski definition) is 2. The molecule has 1 fully saturated rings. The second-order valence-corrected chi connectivity index (χ2v) is 12.0. The van der Waals surface area contributed by atoms with Gasteiger partial charge in [0.1, 0.15) is 11.9 Å². The van der Waals surface area contributed by atoms with Crippen LogP contribution in [0.3, 0.4) is 0 Å². The first kappa shape index (κ1) is 29.9. The number of nitrogens with one attached hydrogen (secondary N) is 2. The summed E-state index contributed by atoms with van der Waals surface area (Å²) in [5.74, 6) is -0.316. The van der Waals surface area contributed by atoms with Crippen molar-refractivity contribution in [2.45, 2.75) is 39.0 Å². The Kier molecular flexibility index (Phi) is 8.48. The summed E-state index contributed by atoms with van der Waals surface area (Å²) in [6.45, 7) is 5.31. The Labute approximate surface area is 261 Å². The monoisotopic (exact) mass is 615 g/mol. The average Bonchev–Trinajstić information content (AvgIpc) is 3.57. The highest BCUT2D eigenvalue weighted by molar-refractivity contribution is 6.36. The molecule has 11 heteroatoms. The van der Waals surface area contributed by atoms with Gasteiger partial charge in [-0.05, 0) is 55.3 Å². The van der Waals surface area contributed by atoms with Crippen LogP contribution in [0, 0.1) is 6.92 Å². The van der Waals surface area contributed by atoms with Crippen LogP contribution in [0.1, 0.15) is 50.0 Å². The predicted octanol–water partition coefficient (Wildman–Crippen LogP) is 5.48. The van der Waals surface area contributed by atoms with Crippen molar-refractivity contribution in [3.8, 4) is 11.1 Å². The lowest BCUT2D eigenvalue weighted by atomic mass is 9.98. The number of hydrogen-bond acceptors (Lipinski definition) is 6. The van der Waals surface area contributed by atoms with Gasteiger partial charge in [0, 0.05) is 69.3 Å². The van der Waals surface area contributed by atoms with E-state index in [-0.39, 0.29) is 17.5 Å². The molecule has 4 heterocycles. The minimum atomic E-state index is -0.775. The minimum Gasteiger partial charge on any atom is -0.327 e. The van der Waals surface area contributed by atoms with E-state index in [0.29, 0.717) is 48.3 Å². The maximum absolute atomic E-state index is 13.5. The quantitative estimate of drug-likeness (QED) is 0.286. The molecule has 44 heavy (non-hydrogen) atoms. The van der Waals surface area contributed by atoms with Crippen LogP contribution in [0.5, 0.6) is 0 Å². The molecule has 1 saturated heterocycles. The van der Waals surface area contributed by atoms with Crippen molar-refractivity contribution < 1.29 is 14.0 Å². The summed E-state index contributed by atoms with van der Waals surface area (Å²) in [5, 5.41) is 6.30. The van der Waals surface area contributed by atoms with Gasteiger partial charge in [0.2, 0.25) is 0 Å². The fraction of sp³-hybridized carbons (Fsp3) is 0.333. The number of carbonyl (C=O) groups excluding carboxylic acids is 2. The first-order chi connectivity index (χ1) is 21.2. The van der Waals surface area contributed by atoms with Crippen LogP contribution in [0.2, 0.25) is 5.02 Å². The standard InChI is InChI=1S/C33H35ClFN7O2/c1-20-23(6-4-8-25(20)38-32(43)27-11-10-21(16-36-27)17-42-15-12-22(35)18-42)24-7-5-9-26(30(24)34)39-33(44)31-37-28-19-40(2)14-13-29(28)41(31)3/h4-11,16,22H,12-15,17-19H2,1-3H3,(H,38,43)(H,39,44)/t22-/m1/s1. The molecule has 0 bridgehead atoms. The highest BCUT2D eigenvalue weighted by atomic mass is 35.5. The molecule has 2 aromatic carbocycles. The SMILES string of the molecule is Cc1c(NC(=O)c2ccc(CN3CC[C@@H](F)C3)cn2)cccc1-c1cccc(NC(=O)c2nc3c(n2C)CCN(C)C3)c1Cl. The number of benzene rings is 2. The molecule has 0 radical (unpaired) electrons. The Hall–Kier alpha value is -4.12. The number of halogens is 2. The Morgan fingerprint density at radius 1 is 1.00 bits per heavy atom. The molecule has 2 aliphatic rings. The van der Waals surface area contributed by atoms with Crippen LogP contribution >= 0.6 is 11.6 Å². The van der Waals surface area contributed by atoms with E-state index in [9.17, 15) is 14.0 Å². The van der Waals surface area contributed by atoms with E-state index < -0.39 is 6.17 Å². The van der Waals surface area contributed by atoms with Gasteiger partial charge in [0.25, 0.3) is 11.8 Å². The number of likely N-dealkylation sites (tertiary alicyclic amines) is 1. The van der Waals surface area contributed by atoms with Crippen LogP contribution < -0.4 is 10.6 Å². The van der Waals surface area contributed by atoms with Gasteiger partial charge in [-0.2, -0.15) is 0 Å². The summed E-state index contributed by atoms with van der Waals surface area (Å²) in [6, 6.07) is 14.6. The highest BCUT2D eigenvalue weighted by Gasteiger charge is 2.25. The number of fused-ring (bicyclic) bond motifs is 1. The zero-order chi connectivity index (χ0) is 31.0. The van der Waals surface area contributed by atoms with Crippen LogP contribution in [0.4, 0.5) is 15.8 Å². The fourth-order valence-corrected chi connectivity index (χ4v) is 6.24. The van der Waals surface area contributed by atoms with Crippen molar-refractivity contribution in [2.24, 2.45) is 7.05 Å². The number of alkyl halides is 1. The van der Waals surface area contributed by atoms with Gasteiger partial charge in [-0.1, -0.05) is 41.9 Å². The van der Waals surface area contributed by atoms with E-state index in [0.717, 1.165) is 53.2 Å². The van der Waals surface area contributed by atoms with Crippen LogP contribution in [-0.2, 0) is 26.6 Å². The maximum atomic E-state index is 13.5. The number of carbonyl (C=O) groups is 2. The van der Waals surface area contributed by atoms with Crippen molar-refractivity contribution in [1.82, 2.24) is 24.3 Å². The van der Waals surface area contributed by atoms with Crippen molar-refractivity contribution in [3.05, 3.63) is 93.8 Å². The molecular formula is C33H35ClFN7O2. The van der Waals surface area contributed by atoms with E-state index in [1.165, 1.54) is 0 Å². The Morgan fingerprint density at radius 3 is 2.48 bits per heavy atom. The van der Waals surface area contributed by atoms with E-state index in [1.54, 1.807) is 18.3 Å². The zero-order valence-electron chi connectivity index (χ0n) is 25.0. The first-order valence-corrected chi connectivity index (χ1v) is 15.1. The summed E-state index contributed by atoms with van der Waals surface area (Å²) < 4.78 is 15.4. The van der Waals surface area contributed by atoms with Crippen LogP contribution in [0.25, 0.3) is 11.1 Å². The summed E-state index contributed by atoms with van der Waals surface area (Å²) >= 11 is 6.87. The lowest BCUT2D eigenvalue weighted by molar-refractivity contribution is 0.100. The van der Waals surface area contributed by atoms with E-state index in [4.69, 9.17) is 11.6 Å². The number of imidazole rings is 1. The van der Waals surface area contributed by atoms with Gasteiger partial charge < -0.3 is 20.1 Å². The van der Waals surface area contributed by atoms with Crippen molar-refractivity contribution in [1.29, 1.82) is 0 Å². The van der Waals surface area contributed by atoms with Gasteiger partial charge in [0.15, 0.2) is 5.82 Å². The van der Waals surface area contributed by atoms with E-state index >= 15 is 0 Å². The van der Waals surface area contributed by atoms with Crippen LogP contribution in [0.15, 0.2) is 54.7 Å². The zero-order valence-corrected chi connectivity index (χ0v) is 25.8. The third-order valence-electron chi connectivity index (χ3n) is 8.45. The minimum absolute atomic E-state index is 0.286. The van der Waals surface area contributed by atoms with Crippen molar-refractivity contribution in [3.63, 3.8) is 0 Å². The molecule has 4 aromatic rings. The number of rotatable bonds is 7. The molecule has 1 atom stereocenters. The largest absolute Gasteiger partial charge is 0.327 e.